The molecule has 0 radical (unpaired) electrons. The van der Waals surface area contributed by atoms with Crippen molar-refractivity contribution in [2.24, 2.45) is 5.92 Å². The van der Waals surface area contributed by atoms with Gasteiger partial charge in [0.1, 0.15) is 6.61 Å². The quantitative estimate of drug-likeness (QED) is 0.729. The molecule has 0 fully saturated rings. The van der Waals surface area contributed by atoms with Crippen molar-refractivity contribution >= 4 is 5.78 Å². The maximum Gasteiger partial charge on any atom is 0.188 e. The molecule has 0 aliphatic carbocycles. The summed E-state index contributed by atoms with van der Waals surface area (Å²) < 4.78 is 5.39. The Morgan fingerprint density at radius 3 is 2.29 bits per heavy atom. The van der Waals surface area contributed by atoms with Crippen LogP contribution in [0, 0.1) is 26.7 Å². The topological polar surface area (TPSA) is 26.3 Å². The third-order valence-corrected chi connectivity index (χ3v) is 2.83. The first-order valence-electron chi connectivity index (χ1n) is 6.10. The summed E-state index contributed by atoms with van der Waals surface area (Å²) in [6, 6.07) is 4.02. The maximum atomic E-state index is 12.0. The lowest BCUT2D eigenvalue weighted by Gasteiger charge is -2.10. The molecule has 0 aliphatic heterocycles. The van der Waals surface area contributed by atoms with E-state index in [1.807, 2.05) is 19.9 Å². The van der Waals surface area contributed by atoms with Crippen molar-refractivity contribution in [2.75, 3.05) is 13.2 Å². The van der Waals surface area contributed by atoms with Crippen LogP contribution >= 0.6 is 0 Å². The first-order valence-corrected chi connectivity index (χ1v) is 6.10. The van der Waals surface area contributed by atoms with Gasteiger partial charge in [-0.3, -0.25) is 4.79 Å². The van der Waals surface area contributed by atoms with Gasteiger partial charge in [-0.2, -0.15) is 0 Å². The summed E-state index contributed by atoms with van der Waals surface area (Å²) in [6.45, 7) is 11.0. The Labute approximate surface area is 104 Å². The van der Waals surface area contributed by atoms with E-state index in [4.69, 9.17) is 4.74 Å². The van der Waals surface area contributed by atoms with Gasteiger partial charge in [0, 0.05) is 12.2 Å². The molecule has 0 amide bonds. The number of rotatable bonds is 5. The van der Waals surface area contributed by atoms with E-state index < -0.39 is 0 Å². The zero-order valence-electron chi connectivity index (χ0n) is 11.5. The molecule has 2 nitrogen and oxygen atoms in total. The van der Waals surface area contributed by atoms with Gasteiger partial charge in [0.15, 0.2) is 5.78 Å². The summed E-state index contributed by atoms with van der Waals surface area (Å²) in [6.07, 6.45) is 0. The SMILES string of the molecule is Cc1cc(C)c(C(=O)COCC(C)C)cc1C. The molecule has 0 aromatic heterocycles. The fourth-order valence-electron chi connectivity index (χ4n) is 1.73. The average Bonchev–Trinajstić information content (AvgIpc) is 2.22. The molecule has 17 heavy (non-hydrogen) atoms. The number of carbonyl (C=O) groups excluding carboxylic acids is 1. The third-order valence-electron chi connectivity index (χ3n) is 2.83. The largest absolute Gasteiger partial charge is 0.373 e. The van der Waals surface area contributed by atoms with Gasteiger partial charge in [0.25, 0.3) is 0 Å². The van der Waals surface area contributed by atoms with Gasteiger partial charge < -0.3 is 4.74 Å². The summed E-state index contributed by atoms with van der Waals surface area (Å²) in [5.74, 6) is 0.537. The first-order chi connectivity index (χ1) is 7.91. The van der Waals surface area contributed by atoms with Crippen LogP contribution in [0.5, 0.6) is 0 Å². The number of aryl methyl sites for hydroxylation is 3. The minimum atomic E-state index is 0.0752. The van der Waals surface area contributed by atoms with Gasteiger partial charge in [-0.15, -0.1) is 0 Å². The minimum Gasteiger partial charge on any atom is -0.373 e. The van der Waals surface area contributed by atoms with Gasteiger partial charge in [-0.25, -0.2) is 0 Å². The second kappa shape index (κ2) is 5.97. The van der Waals surface area contributed by atoms with Crippen LogP contribution in [0.2, 0.25) is 0 Å². The Bertz CT molecular complexity index is 406. The predicted octanol–water partition coefficient (Wildman–Crippen LogP) is 3.47. The molecule has 0 heterocycles. The van der Waals surface area contributed by atoms with Crippen molar-refractivity contribution in [3.63, 3.8) is 0 Å². The standard InChI is InChI=1S/C15H22O2/c1-10(2)8-17-9-15(16)14-7-12(4)11(3)6-13(14)5/h6-7,10H,8-9H2,1-5H3. The molecule has 0 unspecified atom stereocenters. The van der Waals surface area contributed by atoms with Crippen LogP contribution in [0.15, 0.2) is 12.1 Å². The van der Waals surface area contributed by atoms with Crippen LogP contribution in [0.4, 0.5) is 0 Å². The lowest BCUT2D eigenvalue weighted by atomic mass is 9.98. The van der Waals surface area contributed by atoms with Gasteiger partial charge >= 0.3 is 0 Å². The van der Waals surface area contributed by atoms with E-state index in [-0.39, 0.29) is 12.4 Å². The summed E-state index contributed by atoms with van der Waals surface area (Å²) in [5, 5.41) is 0. The second-order valence-electron chi connectivity index (χ2n) is 5.08. The molecule has 0 N–H and O–H groups in total. The van der Waals surface area contributed by atoms with Crippen molar-refractivity contribution < 1.29 is 9.53 Å². The van der Waals surface area contributed by atoms with Crippen molar-refractivity contribution in [1.29, 1.82) is 0 Å². The minimum absolute atomic E-state index is 0.0752. The molecule has 0 aliphatic rings. The fraction of sp³-hybridized carbons (Fsp3) is 0.533. The molecule has 2 heteroatoms. The Balaban J connectivity index is 2.72. The predicted molar refractivity (Wildman–Crippen MR) is 70.6 cm³/mol. The number of ether oxygens (including phenoxy) is 1. The summed E-state index contributed by atoms with van der Waals surface area (Å²) >= 11 is 0. The fourth-order valence-corrected chi connectivity index (χ4v) is 1.73. The maximum absolute atomic E-state index is 12.0. The average molecular weight is 234 g/mol. The van der Waals surface area contributed by atoms with E-state index in [9.17, 15) is 4.79 Å². The Hall–Kier alpha value is -1.15. The monoisotopic (exact) mass is 234 g/mol. The van der Waals surface area contributed by atoms with Gasteiger partial charge in [-0.1, -0.05) is 19.9 Å². The Morgan fingerprint density at radius 2 is 1.71 bits per heavy atom. The molecule has 0 atom stereocenters. The van der Waals surface area contributed by atoms with Crippen LogP contribution in [0.1, 0.15) is 40.9 Å². The molecule has 0 spiro atoms. The number of carbonyl (C=O) groups is 1. The van der Waals surface area contributed by atoms with Crippen molar-refractivity contribution in [3.05, 3.63) is 34.4 Å². The Morgan fingerprint density at radius 1 is 1.12 bits per heavy atom. The number of hydrogen-bond donors (Lipinski definition) is 0. The highest BCUT2D eigenvalue weighted by atomic mass is 16.5. The molecule has 94 valence electrons. The number of ketones is 1. The van der Waals surface area contributed by atoms with E-state index in [0.29, 0.717) is 12.5 Å². The highest BCUT2D eigenvalue weighted by Crippen LogP contribution is 2.16. The van der Waals surface area contributed by atoms with Crippen molar-refractivity contribution in [1.82, 2.24) is 0 Å². The number of benzene rings is 1. The van der Waals surface area contributed by atoms with Gasteiger partial charge in [0.05, 0.1) is 0 Å². The lowest BCUT2D eigenvalue weighted by molar-refractivity contribution is 0.0705. The van der Waals surface area contributed by atoms with Gasteiger partial charge in [0.2, 0.25) is 0 Å². The van der Waals surface area contributed by atoms with Crippen LogP contribution in [0.3, 0.4) is 0 Å². The van der Waals surface area contributed by atoms with E-state index in [0.717, 1.165) is 16.7 Å². The van der Waals surface area contributed by atoms with Crippen molar-refractivity contribution in [2.45, 2.75) is 34.6 Å². The first kappa shape index (κ1) is 13.9. The van der Waals surface area contributed by atoms with Crippen LogP contribution in [-0.4, -0.2) is 19.0 Å². The van der Waals surface area contributed by atoms with E-state index in [1.165, 1.54) is 5.56 Å². The summed E-state index contributed by atoms with van der Waals surface area (Å²) in [7, 11) is 0. The smallest absolute Gasteiger partial charge is 0.188 e. The van der Waals surface area contributed by atoms with Crippen molar-refractivity contribution in [3.8, 4) is 0 Å². The summed E-state index contributed by atoms with van der Waals surface area (Å²) in [5.41, 5.74) is 4.20. The van der Waals surface area contributed by atoms with E-state index in [1.54, 1.807) is 0 Å². The summed E-state index contributed by atoms with van der Waals surface area (Å²) in [4.78, 5) is 12.0. The highest BCUT2D eigenvalue weighted by molar-refractivity contribution is 5.98. The van der Waals surface area contributed by atoms with Crippen LogP contribution in [0.25, 0.3) is 0 Å². The molecular formula is C15H22O2. The number of Topliss-reactive ketones (excluding diaryl/α,β-unsaturated/α-hetero) is 1. The molecule has 0 saturated carbocycles. The second-order valence-corrected chi connectivity index (χ2v) is 5.08. The Kier molecular flexibility index (Phi) is 4.88. The molecular weight excluding hydrogens is 212 g/mol. The third kappa shape index (κ3) is 3.97. The molecule has 1 aromatic rings. The highest BCUT2D eigenvalue weighted by Gasteiger charge is 2.11. The molecule has 0 saturated heterocycles. The zero-order chi connectivity index (χ0) is 13.0. The molecule has 0 bridgehead atoms. The van der Waals surface area contributed by atoms with Gasteiger partial charge in [-0.05, 0) is 49.4 Å². The lowest BCUT2D eigenvalue weighted by Crippen LogP contribution is -2.13. The van der Waals surface area contributed by atoms with E-state index >= 15 is 0 Å². The number of hydrogen-bond acceptors (Lipinski definition) is 2. The van der Waals surface area contributed by atoms with Crippen LogP contribution < -0.4 is 0 Å². The zero-order valence-corrected chi connectivity index (χ0v) is 11.5. The molecule has 1 aromatic carbocycles. The van der Waals surface area contributed by atoms with Crippen LogP contribution in [-0.2, 0) is 4.74 Å². The van der Waals surface area contributed by atoms with E-state index in [2.05, 4.69) is 26.8 Å². The molecule has 1 rings (SSSR count). The normalized spacial score (nSPS) is 10.9.